The van der Waals surface area contributed by atoms with E-state index in [1.165, 1.54) is 18.2 Å². The molecule has 0 atom stereocenters. The van der Waals surface area contributed by atoms with Gasteiger partial charge in [-0.3, -0.25) is 4.79 Å². The Morgan fingerprint density at radius 1 is 1.24 bits per heavy atom. The molecule has 1 aromatic carbocycles. The number of amides is 2. The predicted molar refractivity (Wildman–Crippen MR) is 80.7 cm³/mol. The van der Waals surface area contributed by atoms with Gasteiger partial charge in [-0.05, 0) is 54.9 Å². The summed E-state index contributed by atoms with van der Waals surface area (Å²) in [6.45, 7) is 5.77. The summed E-state index contributed by atoms with van der Waals surface area (Å²) in [5.74, 6) is -0.780. The third-order valence-electron chi connectivity index (χ3n) is 2.25. The first kappa shape index (κ1) is 17.4. The van der Waals surface area contributed by atoms with Crippen molar-refractivity contribution in [2.24, 2.45) is 0 Å². The topological polar surface area (TPSA) is 67.4 Å². The fourth-order valence-corrected chi connectivity index (χ4v) is 1.95. The van der Waals surface area contributed by atoms with Crippen LogP contribution in [-0.2, 0) is 4.74 Å². The van der Waals surface area contributed by atoms with E-state index in [1.807, 2.05) is 0 Å². The van der Waals surface area contributed by atoms with Gasteiger partial charge < -0.3 is 15.4 Å². The van der Waals surface area contributed by atoms with Crippen molar-refractivity contribution in [2.75, 3.05) is 13.1 Å². The maximum absolute atomic E-state index is 12.9. The van der Waals surface area contributed by atoms with Gasteiger partial charge in [-0.1, -0.05) is 0 Å². The van der Waals surface area contributed by atoms with Crippen molar-refractivity contribution in [3.8, 4) is 0 Å². The van der Waals surface area contributed by atoms with Crippen LogP contribution in [-0.4, -0.2) is 30.7 Å². The van der Waals surface area contributed by atoms with E-state index >= 15 is 0 Å². The Balaban J connectivity index is 2.36. The summed E-state index contributed by atoms with van der Waals surface area (Å²) in [4.78, 5) is 23.2. The summed E-state index contributed by atoms with van der Waals surface area (Å²) in [6.07, 6.45) is -0.542. The van der Waals surface area contributed by atoms with Crippen molar-refractivity contribution in [3.05, 3.63) is 34.1 Å². The summed E-state index contributed by atoms with van der Waals surface area (Å²) >= 11 is 3.12. The number of ether oxygens (including phenoxy) is 1. The van der Waals surface area contributed by atoms with Crippen molar-refractivity contribution >= 4 is 27.9 Å². The number of hydrogen-bond acceptors (Lipinski definition) is 3. The summed E-state index contributed by atoms with van der Waals surface area (Å²) in [5, 5.41) is 5.14. The monoisotopic (exact) mass is 360 g/mol. The lowest BCUT2D eigenvalue weighted by molar-refractivity contribution is 0.0526. The first-order valence-corrected chi connectivity index (χ1v) is 7.18. The van der Waals surface area contributed by atoms with Crippen LogP contribution in [0.4, 0.5) is 9.18 Å². The maximum Gasteiger partial charge on any atom is 0.407 e. The number of halogens is 2. The Morgan fingerprint density at radius 3 is 2.43 bits per heavy atom. The van der Waals surface area contributed by atoms with Gasteiger partial charge in [0, 0.05) is 17.6 Å². The fraction of sp³-hybridized carbons (Fsp3) is 0.429. The number of hydrogen-bond donors (Lipinski definition) is 2. The summed E-state index contributed by atoms with van der Waals surface area (Å²) < 4.78 is 18.3. The van der Waals surface area contributed by atoms with Gasteiger partial charge in [0.25, 0.3) is 5.91 Å². The predicted octanol–water partition coefficient (Wildman–Crippen LogP) is 2.84. The van der Waals surface area contributed by atoms with Gasteiger partial charge in [0.2, 0.25) is 0 Å². The highest BCUT2D eigenvalue weighted by atomic mass is 79.9. The molecule has 2 N–H and O–H groups in total. The molecule has 0 aliphatic rings. The van der Waals surface area contributed by atoms with E-state index in [1.54, 1.807) is 20.8 Å². The van der Waals surface area contributed by atoms with Gasteiger partial charge in [0.05, 0.1) is 5.56 Å². The van der Waals surface area contributed by atoms with Gasteiger partial charge in [0.15, 0.2) is 0 Å². The second-order valence-corrected chi connectivity index (χ2v) is 6.16. The molecule has 1 aromatic rings. The number of alkyl carbamates (subject to hydrolysis) is 1. The van der Waals surface area contributed by atoms with Crippen LogP contribution in [0.5, 0.6) is 0 Å². The molecule has 0 fully saturated rings. The molecule has 0 radical (unpaired) electrons. The van der Waals surface area contributed by atoms with E-state index in [0.29, 0.717) is 10.0 Å². The minimum atomic E-state index is -0.563. The average Bonchev–Trinajstić information content (AvgIpc) is 2.32. The Bertz CT molecular complexity index is 529. The highest BCUT2D eigenvalue weighted by Crippen LogP contribution is 2.17. The summed E-state index contributed by atoms with van der Waals surface area (Å²) in [6, 6.07) is 3.81. The summed E-state index contributed by atoms with van der Waals surface area (Å²) in [5.41, 5.74) is -0.236. The van der Waals surface area contributed by atoms with E-state index < -0.39 is 17.5 Å². The first-order valence-electron chi connectivity index (χ1n) is 6.39. The number of carbonyl (C=O) groups is 2. The lowest BCUT2D eigenvalue weighted by Gasteiger charge is -2.19. The third kappa shape index (κ3) is 6.57. The zero-order chi connectivity index (χ0) is 16.0. The number of benzene rings is 1. The number of nitrogens with one attached hydrogen (secondary N) is 2. The van der Waals surface area contributed by atoms with Crippen molar-refractivity contribution in [3.63, 3.8) is 0 Å². The van der Waals surface area contributed by atoms with E-state index in [0.717, 1.165) is 0 Å². The standard InChI is InChI=1S/C14H18BrFN2O3/c1-14(2,3)21-13(20)18-7-6-17-12(19)10-5-4-9(16)8-11(10)15/h4-5,8H,6-7H2,1-3H3,(H,17,19)(H,18,20). The molecule has 0 aromatic heterocycles. The van der Waals surface area contributed by atoms with Crippen LogP contribution < -0.4 is 10.6 Å². The third-order valence-corrected chi connectivity index (χ3v) is 2.91. The Kier molecular flexibility index (Phi) is 6.14. The first-order chi connectivity index (χ1) is 9.69. The smallest absolute Gasteiger partial charge is 0.407 e. The Hall–Kier alpha value is -1.63. The van der Waals surface area contributed by atoms with Crippen LogP contribution in [0.2, 0.25) is 0 Å². The van der Waals surface area contributed by atoms with Crippen molar-refractivity contribution in [2.45, 2.75) is 26.4 Å². The number of rotatable bonds is 4. The highest BCUT2D eigenvalue weighted by Gasteiger charge is 2.15. The molecule has 21 heavy (non-hydrogen) atoms. The van der Waals surface area contributed by atoms with E-state index in [4.69, 9.17) is 4.74 Å². The lowest BCUT2D eigenvalue weighted by Crippen LogP contribution is -2.37. The quantitative estimate of drug-likeness (QED) is 0.811. The van der Waals surface area contributed by atoms with Gasteiger partial charge in [-0.25, -0.2) is 9.18 Å². The molecule has 7 heteroatoms. The molecule has 0 bridgehead atoms. The average molecular weight is 361 g/mol. The molecule has 0 unspecified atom stereocenters. The minimum absolute atomic E-state index is 0.236. The molecule has 116 valence electrons. The molecule has 0 aliphatic heterocycles. The zero-order valence-electron chi connectivity index (χ0n) is 12.1. The summed E-state index contributed by atoms with van der Waals surface area (Å²) in [7, 11) is 0. The Labute approximate surface area is 131 Å². The maximum atomic E-state index is 12.9. The molecule has 1 rings (SSSR count). The largest absolute Gasteiger partial charge is 0.444 e. The molecule has 2 amide bonds. The number of carbonyl (C=O) groups excluding carboxylic acids is 2. The molecular weight excluding hydrogens is 343 g/mol. The van der Waals surface area contributed by atoms with Crippen LogP contribution in [0, 0.1) is 5.82 Å². The molecule has 5 nitrogen and oxygen atoms in total. The lowest BCUT2D eigenvalue weighted by atomic mass is 10.2. The SMILES string of the molecule is CC(C)(C)OC(=O)NCCNC(=O)c1ccc(F)cc1Br. The van der Waals surface area contributed by atoms with Crippen LogP contribution in [0.25, 0.3) is 0 Å². The van der Waals surface area contributed by atoms with Crippen LogP contribution in [0.1, 0.15) is 31.1 Å². The normalized spacial score (nSPS) is 10.9. The van der Waals surface area contributed by atoms with Gasteiger partial charge >= 0.3 is 6.09 Å². The van der Waals surface area contributed by atoms with Crippen molar-refractivity contribution in [1.29, 1.82) is 0 Å². The zero-order valence-corrected chi connectivity index (χ0v) is 13.7. The molecule has 0 saturated carbocycles. The van der Waals surface area contributed by atoms with Gasteiger partial charge in [-0.2, -0.15) is 0 Å². The molecule has 0 saturated heterocycles. The Morgan fingerprint density at radius 2 is 1.86 bits per heavy atom. The molecule has 0 aliphatic carbocycles. The van der Waals surface area contributed by atoms with Crippen LogP contribution in [0.15, 0.2) is 22.7 Å². The second kappa shape index (κ2) is 7.40. The van der Waals surface area contributed by atoms with E-state index in [-0.39, 0.29) is 19.0 Å². The molecular formula is C14H18BrFN2O3. The molecule has 0 spiro atoms. The van der Waals surface area contributed by atoms with Crippen LogP contribution >= 0.6 is 15.9 Å². The second-order valence-electron chi connectivity index (χ2n) is 5.31. The molecule has 0 heterocycles. The van der Waals surface area contributed by atoms with E-state index in [9.17, 15) is 14.0 Å². The highest BCUT2D eigenvalue weighted by molar-refractivity contribution is 9.10. The van der Waals surface area contributed by atoms with Crippen LogP contribution in [0.3, 0.4) is 0 Å². The van der Waals surface area contributed by atoms with E-state index in [2.05, 4.69) is 26.6 Å². The van der Waals surface area contributed by atoms with Gasteiger partial charge in [-0.15, -0.1) is 0 Å². The van der Waals surface area contributed by atoms with Crippen molar-refractivity contribution in [1.82, 2.24) is 10.6 Å². The van der Waals surface area contributed by atoms with Gasteiger partial charge in [0.1, 0.15) is 11.4 Å². The van der Waals surface area contributed by atoms with Crippen molar-refractivity contribution < 1.29 is 18.7 Å². The minimum Gasteiger partial charge on any atom is -0.444 e. The fourth-order valence-electron chi connectivity index (χ4n) is 1.42.